The second-order valence-electron chi connectivity index (χ2n) is 6.47. The zero-order valence-corrected chi connectivity index (χ0v) is 12.1. The summed E-state index contributed by atoms with van der Waals surface area (Å²) in [4.78, 5) is 12.2. The lowest BCUT2D eigenvalue weighted by Crippen LogP contribution is -2.54. The van der Waals surface area contributed by atoms with Crippen LogP contribution in [0.4, 0.5) is 0 Å². The molecule has 2 aliphatic carbocycles. The largest absolute Gasteiger partial charge is 0.353 e. The predicted molar refractivity (Wildman–Crippen MR) is 76.9 cm³/mol. The lowest BCUT2D eigenvalue weighted by atomic mass is 9.67. The maximum atomic E-state index is 12.2. The number of aryl methyl sites for hydroxylation is 1. The molecule has 0 spiro atoms. The predicted octanol–water partition coefficient (Wildman–Crippen LogP) is 0.985. The third-order valence-electron chi connectivity index (χ3n) is 4.83. The Bertz CT molecular complexity index is 470. The molecule has 1 aromatic heterocycles. The Balaban J connectivity index is 1.60. The number of nitrogens with two attached hydrogens (primary N) is 1. The molecule has 2 bridgehead atoms. The van der Waals surface area contributed by atoms with Crippen LogP contribution in [0.1, 0.15) is 37.7 Å². The lowest BCUT2D eigenvalue weighted by Gasteiger charge is -2.45. The maximum Gasteiger partial charge on any atom is 0.224 e. The van der Waals surface area contributed by atoms with Gasteiger partial charge in [-0.25, -0.2) is 0 Å². The van der Waals surface area contributed by atoms with Crippen LogP contribution >= 0.6 is 0 Å². The van der Waals surface area contributed by atoms with Gasteiger partial charge < -0.3 is 11.1 Å². The Morgan fingerprint density at radius 1 is 1.45 bits per heavy atom. The monoisotopic (exact) mass is 276 g/mol. The van der Waals surface area contributed by atoms with Crippen molar-refractivity contribution in [3.05, 3.63) is 18.0 Å². The highest BCUT2D eigenvalue weighted by Gasteiger charge is 2.39. The number of rotatable bonds is 3. The first kappa shape index (κ1) is 13.6. The normalized spacial score (nSPS) is 32.9. The molecule has 0 radical (unpaired) electrons. The third-order valence-corrected chi connectivity index (χ3v) is 4.83. The number of nitrogens with zero attached hydrogens (tertiary/aromatic N) is 2. The van der Waals surface area contributed by atoms with Crippen molar-refractivity contribution in [2.24, 2.45) is 24.6 Å². The van der Waals surface area contributed by atoms with E-state index in [9.17, 15) is 4.79 Å². The van der Waals surface area contributed by atoms with Crippen LogP contribution in [0.3, 0.4) is 0 Å². The molecule has 3 N–H and O–H groups in total. The molecule has 1 amide bonds. The fourth-order valence-corrected chi connectivity index (χ4v) is 4.01. The van der Waals surface area contributed by atoms with Crippen LogP contribution in [0.15, 0.2) is 12.4 Å². The van der Waals surface area contributed by atoms with Crippen LogP contribution in [-0.2, 0) is 18.3 Å². The van der Waals surface area contributed by atoms with Gasteiger partial charge in [-0.15, -0.1) is 0 Å². The summed E-state index contributed by atoms with van der Waals surface area (Å²) in [7, 11) is 1.87. The van der Waals surface area contributed by atoms with Crippen LogP contribution in [0, 0.1) is 11.8 Å². The number of carbonyl (C=O) groups is 1. The quantitative estimate of drug-likeness (QED) is 0.864. The van der Waals surface area contributed by atoms with E-state index in [-0.39, 0.29) is 5.91 Å². The molecule has 1 heterocycles. The van der Waals surface area contributed by atoms with Gasteiger partial charge in [0.2, 0.25) is 5.91 Å². The molecule has 5 heteroatoms. The van der Waals surface area contributed by atoms with E-state index >= 15 is 0 Å². The zero-order valence-electron chi connectivity index (χ0n) is 12.1. The van der Waals surface area contributed by atoms with Gasteiger partial charge >= 0.3 is 0 Å². The number of amides is 1. The Hall–Kier alpha value is -1.36. The van der Waals surface area contributed by atoms with E-state index in [1.165, 1.54) is 19.3 Å². The molecule has 2 atom stereocenters. The number of aromatic nitrogens is 2. The second-order valence-corrected chi connectivity index (χ2v) is 6.47. The molecule has 1 aromatic rings. The van der Waals surface area contributed by atoms with Gasteiger partial charge in [0.15, 0.2) is 0 Å². The van der Waals surface area contributed by atoms with E-state index in [4.69, 9.17) is 5.73 Å². The Kier molecular flexibility index (Phi) is 3.78. The van der Waals surface area contributed by atoms with E-state index in [2.05, 4.69) is 10.4 Å². The average molecular weight is 276 g/mol. The third kappa shape index (κ3) is 2.87. The molecule has 2 fully saturated rings. The van der Waals surface area contributed by atoms with Crippen molar-refractivity contribution in [2.45, 2.75) is 50.6 Å². The SMILES string of the molecule is Cn1cc(CC(=O)NC2C3CCCC2CC(N)C3)cn1. The maximum absolute atomic E-state index is 12.2. The van der Waals surface area contributed by atoms with Crippen LogP contribution in [0.25, 0.3) is 0 Å². The number of hydrogen-bond donors (Lipinski definition) is 2. The van der Waals surface area contributed by atoms with Crippen molar-refractivity contribution in [3.63, 3.8) is 0 Å². The zero-order chi connectivity index (χ0) is 14.1. The highest BCUT2D eigenvalue weighted by molar-refractivity contribution is 5.78. The van der Waals surface area contributed by atoms with Gasteiger partial charge in [0.1, 0.15) is 0 Å². The Morgan fingerprint density at radius 3 is 2.75 bits per heavy atom. The van der Waals surface area contributed by atoms with Crippen molar-refractivity contribution in [3.8, 4) is 0 Å². The van der Waals surface area contributed by atoms with Gasteiger partial charge in [-0.3, -0.25) is 9.48 Å². The highest BCUT2D eigenvalue weighted by Crippen LogP contribution is 2.39. The fraction of sp³-hybridized carbons (Fsp3) is 0.733. The van der Waals surface area contributed by atoms with Gasteiger partial charge in [0, 0.05) is 25.3 Å². The summed E-state index contributed by atoms with van der Waals surface area (Å²) in [6.07, 6.45) is 9.92. The minimum Gasteiger partial charge on any atom is -0.353 e. The number of fused-ring (bicyclic) bond motifs is 2. The molecular weight excluding hydrogens is 252 g/mol. The van der Waals surface area contributed by atoms with Crippen molar-refractivity contribution in [1.29, 1.82) is 0 Å². The summed E-state index contributed by atoms with van der Waals surface area (Å²) >= 11 is 0. The molecule has 20 heavy (non-hydrogen) atoms. The molecule has 5 nitrogen and oxygen atoms in total. The Labute approximate surface area is 119 Å². The smallest absolute Gasteiger partial charge is 0.224 e. The summed E-state index contributed by atoms with van der Waals surface area (Å²) in [5.41, 5.74) is 7.10. The van der Waals surface area contributed by atoms with Gasteiger partial charge in [-0.2, -0.15) is 5.10 Å². The molecule has 110 valence electrons. The first-order chi connectivity index (χ1) is 9.61. The molecule has 0 saturated heterocycles. The van der Waals surface area contributed by atoms with E-state index in [0.29, 0.717) is 30.3 Å². The Morgan fingerprint density at radius 2 is 2.15 bits per heavy atom. The molecule has 2 saturated carbocycles. The van der Waals surface area contributed by atoms with Crippen LogP contribution in [0.5, 0.6) is 0 Å². The average Bonchev–Trinajstić information content (AvgIpc) is 2.76. The molecular formula is C15H24N4O. The lowest BCUT2D eigenvalue weighted by molar-refractivity contribution is -0.122. The minimum atomic E-state index is 0.121. The summed E-state index contributed by atoms with van der Waals surface area (Å²) in [6.45, 7) is 0. The topological polar surface area (TPSA) is 72.9 Å². The van der Waals surface area contributed by atoms with Crippen LogP contribution in [0.2, 0.25) is 0 Å². The van der Waals surface area contributed by atoms with Crippen LogP contribution in [-0.4, -0.2) is 27.8 Å². The summed E-state index contributed by atoms with van der Waals surface area (Å²) in [6, 6.07) is 0.671. The minimum absolute atomic E-state index is 0.121. The summed E-state index contributed by atoms with van der Waals surface area (Å²) < 4.78 is 1.73. The number of hydrogen-bond acceptors (Lipinski definition) is 3. The first-order valence-corrected chi connectivity index (χ1v) is 7.64. The van der Waals surface area contributed by atoms with Gasteiger partial charge in [0.25, 0.3) is 0 Å². The summed E-state index contributed by atoms with van der Waals surface area (Å²) in [5, 5.41) is 7.37. The summed E-state index contributed by atoms with van der Waals surface area (Å²) in [5.74, 6) is 1.28. The molecule has 0 aromatic carbocycles. The number of carbonyl (C=O) groups excluding carboxylic acids is 1. The van der Waals surface area contributed by atoms with Gasteiger partial charge in [-0.1, -0.05) is 6.42 Å². The molecule has 0 aliphatic heterocycles. The van der Waals surface area contributed by atoms with E-state index in [0.717, 1.165) is 18.4 Å². The van der Waals surface area contributed by atoms with E-state index < -0.39 is 0 Å². The van der Waals surface area contributed by atoms with Crippen molar-refractivity contribution in [1.82, 2.24) is 15.1 Å². The molecule has 3 rings (SSSR count). The van der Waals surface area contributed by atoms with Gasteiger partial charge in [0.05, 0.1) is 12.6 Å². The first-order valence-electron chi connectivity index (χ1n) is 7.64. The molecule has 2 aliphatic rings. The van der Waals surface area contributed by atoms with Crippen LogP contribution < -0.4 is 11.1 Å². The van der Waals surface area contributed by atoms with Gasteiger partial charge in [-0.05, 0) is 43.1 Å². The van der Waals surface area contributed by atoms with E-state index in [1.807, 2.05) is 13.2 Å². The second kappa shape index (κ2) is 5.56. The standard InChI is InChI=1S/C15H24N4O/c1-19-9-10(8-17-19)5-14(20)18-15-11-3-2-4-12(15)7-13(16)6-11/h8-9,11-13,15H,2-7,16H2,1H3,(H,18,20). The highest BCUT2D eigenvalue weighted by atomic mass is 16.1. The number of nitrogens with one attached hydrogen (secondary N) is 1. The van der Waals surface area contributed by atoms with E-state index in [1.54, 1.807) is 10.9 Å². The van der Waals surface area contributed by atoms with Crippen molar-refractivity contribution < 1.29 is 4.79 Å². The van der Waals surface area contributed by atoms with Crippen molar-refractivity contribution >= 4 is 5.91 Å². The fourth-order valence-electron chi connectivity index (χ4n) is 4.01. The van der Waals surface area contributed by atoms with Crippen molar-refractivity contribution in [2.75, 3.05) is 0 Å². The molecule has 2 unspecified atom stereocenters.